The molecule has 1 N–H and O–H groups in total. The number of thiazole rings is 1. The molecular weight excluding hydrogens is 252 g/mol. The third kappa shape index (κ3) is 2.92. The second kappa shape index (κ2) is 4.98. The molecule has 0 aliphatic carbocycles. The first-order chi connectivity index (χ1) is 8.06. The molecule has 2 heterocycles. The van der Waals surface area contributed by atoms with Crippen LogP contribution < -0.4 is 5.32 Å². The quantitative estimate of drug-likeness (QED) is 0.915. The number of thiophene rings is 1. The largest absolute Gasteiger partial charge is 0.297 e. The van der Waals surface area contributed by atoms with Crippen molar-refractivity contribution in [3.05, 3.63) is 33.0 Å². The van der Waals surface area contributed by atoms with E-state index in [0.29, 0.717) is 11.0 Å². The van der Waals surface area contributed by atoms with Crippen LogP contribution in [0.3, 0.4) is 0 Å². The van der Waals surface area contributed by atoms with Gasteiger partial charge in [0.25, 0.3) is 5.91 Å². The van der Waals surface area contributed by atoms with Crippen LogP contribution in [0.1, 0.15) is 40.0 Å². The minimum atomic E-state index is -0.0762. The van der Waals surface area contributed by atoms with Crippen LogP contribution in [0.5, 0.6) is 0 Å². The van der Waals surface area contributed by atoms with Crippen molar-refractivity contribution in [3.63, 3.8) is 0 Å². The summed E-state index contributed by atoms with van der Waals surface area (Å²) in [5, 5.41) is 5.48. The minimum Gasteiger partial charge on any atom is -0.297 e. The zero-order valence-electron chi connectivity index (χ0n) is 9.98. The number of carbonyl (C=O) groups excluding carboxylic acids is 1. The topological polar surface area (TPSA) is 42.0 Å². The summed E-state index contributed by atoms with van der Waals surface area (Å²) in [6, 6.07) is 3.78. The van der Waals surface area contributed by atoms with Crippen LogP contribution in [0.25, 0.3) is 0 Å². The van der Waals surface area contributed by atoms with Crippen molar-refractivity contribution < 1.29 is 4.79 Å². The van der Waals surface area contributed by atoms with Crippen LogP contribution in [0.4, 0.5) is 5.13 Å². The van der Waals surface area contributed by atoms with Crippen LogP contribution in [-0.2, 0) is 0 Å². The van der Waals surface area contributed by atoms with E-state index in [1.807, 2.05) is 24.4 Å². The first kappa shape index (κ1) is 12.3. The van der Waals surface area contributed by atoms with E-state index < -0.39 is 0 Å². The predicted molar refractivity (Wildman–Crippen MR) is 73.2 cm³/mol. The Kier molecular flexibility index (Phi) is 3.59. The SMILES string of the molecule is Cc1ccc(C(=O)Nc2nc(C(C)C)cs2)s1. The summed E-state index contributed by atoms with van der Waals surface area (Å²) in [6.45, 7) is 6.16. The second-order valence-corrected chi connectivity index (χ2v) is 6.24. The van der Waals surface area contributed by atoms with E-state index in [0.717, 1.165) is 15.4 Å². The average Bonchev–Trinajstić information content (AvgIpc) is 2.86. The molecule has 0 radical (unpaired) electrons. The van der Waals surface area contributed by atoms with E-state index in [1.165, 1.54) is 22.7 Å². The van der Waals surface area contributed by atoms with Crippen LogP contribution in [0, 0.1) is 6.92 Å². The summed E-state index contributed by atoms with van der Waals surface area (Å²) >= 11 is 2.96. The Bertz CT molecular complexity index is 528. The molecule has 0 aliphatic heterocycles. The molecule has 2 aromatic rings. The zero-order chi connectivity index (χ0) is 12.4. The molecule has 1 amide bonds. The number of aromatic nitrogens is 1. The molecule has 3 nitrogen and oxygen atoms in total. The Balaban J connectivity index is 2.07. The molecule has 0 saturated heterocycles. The van der Waals surface area contributed by atoms with Gasteiger partial charge in [-0.3, -0.25) is 10.1 Å². The standard InChI is InChI=1S/C12H14N2OS2/c1-7(2)9-6-16-12(13-9)14-11(15)10-5-4-8(3)17-10/h4-7H,1-3H3,(H,13,14,15). The molecule has 90 valence electrons. The Morgan fingerprint density at radius 3 is 2.71 bits per heavy atom. The molecule has 2 rings (SSSR count). The van der Waals surface area contributed by atoms with Crippen molar-refractivity contribution in [2.24, 2.45) is 0 Å². The number of carbonyl (C=O) groups is 1. The molecule has 0 aliphatic rings. The number of hydrogen-bond donors (Lipinski definition) is 1. The summed E-state index contributed by atoms with van der Waals surface area (Å²) in [4.78, 5) is 18.1. The lowest BCUT2D eigenvalue weighted by Crippen LogP contribution is -2.09. The number of amides is 1. The number of hydrogen-bond acceptors (Lipinski definition) is 4. The normalized spacial score (nSPS) is 10.8. The fourth-order valence-electron chi connectivity index (χ4n) is 1.32. The molecular formula is C12H14N2OS2. The van der Waals surface area contributed by atoms with Gasteiger partial charge in [0.15, 0.2) is 5.13 Å². The van der Waals surface area contributed by atoms with Crippen molar-refractivity contribution in [2.45, 2.75) is 26.7 Å². The van der Waals surface area contributed by atoms with Crippen LogP contribution in [0.15, 0.2) is 17.5 Å². The van der Waals surface area contributed by atoms with Crippen molar-refractivity contribution in [3.8, 4) is 0 Å². The first-order valence-electron chi connectivity index (χ1n) is 5.39. The molecule has 17 heavy (non-hydrogen) atoms. The predicted octanol–water partition coefficient (Wildman–Crippen LogP) is 3.89. The van der Waals surface area contributed by atoms with Crippen molar-refractivity contribution in [1.82, 2.24) is 4.98 Å². The van der Waals surface area contributed by atoms with Gasteiger partial charge in [-0.15, -0.1) is 22.7 Å². The van der Waals surface area contributed by atoms with Crippen molar-refractivity contribution in [1.29, 1.82) is 0 Å². The summed E-state index contributed by atoms with van der Waals surface area (Å²) in [5.74, 6) is 0.314. The van der Waals surface area contributed by atoms with Crippen LogP contribution >= 0.6 is 22.7 Å². The van der Waals surface area contributed by atoms with E-state index in [2.05, 4.69) is 24.1 Å². The smallest absolute Gasteiger partial charge is 0.267 e. The molecule has 0 saturated carbocycles. The van der Waals surface area contributed by atoms with Gasteiger partial charge in [0.1, 0.15) is 0 Å². The molecule has 0 atom stereocenters. The van der Waals surface area contributed by atoms with Gasteiger partial charge in [-0.2, -0.15) is 0 Å². The molecule has 5 heteroatoms. The van der Waals surface area contributed by atoms with Crippen molar-refractivity contribution in [2.75, 3.05) is 5.32 Å². The number of nitrogens with one attached hydrogen (secondary N) is 1. The van der Waals surface area contributed by atoms with Gasteiger partial charge in [-0.25, -0.2) is 4.98 Å². The third-order valence-corrected chi connectivity index (χ3v) is 4.07. The Morgan fingerprint density at radius 2 is 2.18 bits per heavy atom. The van der Waals surface area contributed by atoms with E-state index >= 15 is 0 Å². The highest BCUT2D eigenvalue weighted by atomic mass is 32.1. The Morgan fingerprint density at radius 1 is 1.41 bits per heavy atom. The summed E-state index contributed by atoms with van der Waals surface area (Å²) in [5.41, 5.74) is 1.02. The number of aryl methyl sites for hydroxylation is 1. The minimum absolute atomic E-state index is 0.0762. The van der Waals surface area contributed by atoms with E-state index in [1.54, 1.807) is 0 Å². The molecule has 0 bridgehead atoms. The van der Waals surface area contributed by atoms with Gasteiger partial charge >= 0.3 is 0 Å². The summed E-state index contributed by atoms with van der Waals surface area (Å²) in [6.07, 6.45) is 0. The lowest BCUT2D eigenvalue weighted by molar-refractivity contribution is 0.103. The maximum absolute atomic E-state index is 11.9. The lowest BCUT2D eigenvalue weighted by Gasteiger charge is -1.99. The zero-order valence-corrected chi connectivity index (χ0v) is 11.6. The lowest BCUT2D eigenvalue weighted by atomic mass is 10.2. The van der Waals surface area contributed by atoms with E-state index in [-0.39, 0.29) is 5.91 Å². The summed E-state index contributed by atoms with van der Waals surface area (Å²) < 4.78 is 0. The number of anilines is 1. The molecule has 0 fully saturated rings. The van der Waals surface area contributed by atoms with Gasteiger partial charge in [0.05, 0.1) is 10.6 Å². The molecule has 2 aromatic heterocycles. The summed E-state index contributed by atoms with van der Waals surface area (Å²) in [7, 11) is 0. The fourth-order valence-corrected chi connectivity index (χ4v) is 2.95. The number of nitrogens with zero attached hydrogens (tertiary/aromatic N) is 1. The Labute approximate surface area is 109 Å². The van der Waals surface area contributed by atoms with Gasteiger partial charge < -0.3 is 0 Å². The van der Waals surface area contributed by atoms with Crippen LogP contribution in [-0.4, -0.2) is 10.9 Å². The maximum atomic E-state index is 11.9. The van der Waals surface area contributed by atoms with Crippen molar-refractivity contribution >= 4 is 33.7 Å². The fraction of sp³-hybridized carbons (Fsp3) is 0.333. The van der Waals surface area contributed by atoms with E-state index in [4.69, 9.17) is 0 Å². The molecule has 0 aromatic carbocycles. The van der Waals surface area contributed by atoms with Gasteiger partial charge in [-0.05, 0) is 25.0 Å². The third-order valence-electron chi connectivity index (χ3n) is 2.30. The average molecular weight is 266 g/mol. The Hall–Kier alpha value is -1.20. The number of rotatable bonds is 3. The molecule has 0 unspecified atom stereocenters. The highest BCUT2D eigenvalue weighted by molar-refractivity contribution is 7.15. The monoisotopic (exact) mass is 266 g/mol. The van der Waals surface area contributed by atoms with Gasteiger partial charge in [0.2, 0.25) is 0 Å². The highest BCUT2D eigenvalue weighted by Gasteiger charge is 2.11. The van der Waals surface area contributed by atoms with E-state index in [9.17, 15) is 4.79 Å². The van der Waals surface area contributed by atoms with Gasteiger partial charge in [-0.1, -0.05) is 13.8 Å². The second-order valence-electron chi connectivity index (χ2n) is 4.10. The highest BCUT2D eigenvalue weighted by Crippen LogP contribution is 2.23. The maximum Gasteiger partial charge on any atom is 0.267 e. The van der Waals surface area contributed by atoms with Gasteiger partial charge in [0, 0.05) is 10.3 Å². The molecule has 0 spiro atoms. The van der Waals surface area contributed by atoms with Crippen LogP contribution in [0.2, 0.25) is 0 Å². The first-order valence-corrected chi connectivity index (χ1v) is 7.09.